The average Bonchev–Trinajstić information content (AvgIpc) is 2.04. The predicted octanol–water partition coefficient (Wildman–Crippen LogP) is 0.288. The Balaban J connectivity index is 3.01. The normalized spacial score (nSPS) is 9.18. The van der Waals surface area contributed by atoms with E-state index in [9.17, 15) is 4.79 Å². The zero-order valence-corrected chi connectivity index (χ0v) is 7.02. The van der Waals surface area contributed by atoms with Gasteiger partial charge in [-0.05, 0) is 19.4 Å². The van der Waals surface area contributed by atoms with E-state index in [4.69, 9.17) is 0 Å². The molecule has 0 radical (unpaired) electrons. The van der Waals surface area contributed by atoms with Crippen LogP contribution in [-0.4, -0.2) is 26.0 Å². The standard InChI is InChI=1S/C8H16N2O/c1-3-4-5-6-10-7-8(11)9-2/h3,10H,1,4-7H2,2H3,(H,9,11). The maximum Gasteiger partial charge on any atom is 0.233 e. The largest absolute Gasteiger partial charge is 0.358 e. The minimum Gasteiger partial charge on any atom is -0.358 e. The molecule has 0 heterocycles. The molecule has 0 aliphatic carbocycles. The van der Waals surface area contributed by atoms with Crippen molar-refractivity contribution in [3.05, 3.63) is 12.7 Å². The summed E-state index contributed by atoms with van der Waals surface area (Å²) in [4.78, 5) is 10.7. The van der Waals surface area contributed by atoms with Gasteiger partial charge in [0.25, 0.3) is 0 Å². The number of hydrogen-bond acceptors (Lipinski definition) is 2. The first-order valence-electron chi connectivity index (χ1n) is 3.83. The molecule has 64 valence electrons. The third kappa shape index (κ3) is 7.06. The second-order valence-electron chi connectivity index (χ2n) is 2.28. The Morgan fingerprint density at radius 2 is 2.36 bits per heavy atom. The molecule has 0 aromatic carbocycles. The average molecular weight is 156 g/mol. The third-order valence-corrected chi connectivity index (χ3v) is 1.33. The smallest absolute Gasteiger partial charge is 0.233 e. The van der Waals surface area contributed by atoms with Crippen molar-refractivity contribution in [2.45, 2.75) is 12.8 Å². The van der Waals surface area contributed by atoms with Crippen molar-refractivity contribution in [2.24, 2.45) is 0 Å². The highest BCUT2D eigenvalue weighted by atomic mass is 16.1. The highest BCUT2D eigenvalue weighted by molar-refractivity contribution is 5.77. The van der Waals surface area contributed by atoms with Crippen molar-refractivity contribution in [1.82, 2.24) is 10.6 Å². The molecule has 0 rings (SSSR count). The van der Waals surface area contributed by atoms with E-state index in [0.717, 1.165) is 19.4 Å². The van der Waals surface area contributed by atoms with Crippen LogP contribution >= 0.6 is 0 Å². The van der Waals surface area contributed by atoms with Crippen LogP contribution in [0.2, 0.25) is 0 Å². The van der Waals surface area contributed by atoms with E-state index in [2.05, 4.69) is 17.2 Å². The summed E-state index contributed by atoms with van der Waals surface area (Å²) in [5, 5.41) is 5.55. The number of allylic oxidation sites excluding steroid dienone is 1. The molecule has 0 bridgehead atoms. The van der Waals surface area contributed by atoms with Gasteiger partial charge in [0.05, 0.1) is 6.54 Å². The Morgan fingerprint density at radius 1 is 1.64 bits per heavy atom. The molecule has 0 aliphatic rings. The number of hydrogen-bond donors (Lipinski definition) is 2. The van der Waals surface area contributed by atoms with Gasteiger partial charge < -0.3 is 10.6 Å². The van der Waals surface area contributed by atoms with Crippen LogP contribution in [0.25, 0.3) is 0 Å². The van der Waals surface area contributed by atoms with Crippen LogP contribution in [-0.2, 0) is 4.79 Å². The van der Waals surface area contributed by atoms with E-state index in [-0.39, 0.29) is 5.91 Å². The molecule has 3 heteroatoms. The van der Waals surface area contributed by atoms with E-state index in [1.165, 1.54) is 0 Å². The molecule has 0 atom stereocenters. The number of unbranched alkanes of at least 4 members (excludes halogenated alkanes) is 1. The summed E-state index contributed by atoms with van der Waals surface area (Å²) in [6.07, 6.45) is 3.92. The molecule has 3 nitrogen and oxygen atoms in total. The molecule has 0 saturated carbocycles. The number of amides is 1. The van der Waals surface area contributed by atoms with E-state index in [1.807, 2.05) is 6.08 Å². The Kier molecular flexibility index (Phi) is 6.73. The van der Waals surface area contributed by atoms with Gasteiger partial charge in [-0.1, -0.05) is 6.08 Å². The summed E-state index contributed by atoms with van der Waals surface area (Å²) in [7, 11) is 1.63. The lowest BCUT2D eigenvalue weighted by Crippen LogP contribution is -2.31. The highest BCUT2D eigenvalue weighted by Gasteiger charge is 1.93. The van der Waals surface area contributed by atoms with Gasteiger partial charge >= 0.3 is 0 Å². The monoisotopic (exact) mass is 156 g/mol. The number of rotatable bonds is 6. The molecule has 2 N–H and O–H groups in total. The van der Waals surface area contributed by atoms with Crippen LogP contribution in [0.15, 0.2) is 12.7 Å². The molecule has 0 aliphatic heterocycles. The molecule has 0 spiro atoms. The maximum atomic E-state index is 10.7. The first-order valence-corrected chi connectivity index (χ1v) is 3.83. The topological polar surface area (TPSA) is 41.1 Å². The van der Waals surface area contributed by atoms with Crippen LogP contribution in [0, 0.1) is 0 Å². The molecular formula is C8H16N2O. The lowest BCUT2D eigenvalue weighted by Gasteiger charge is -2.01. The number of nitrogens with one attached hydrogen (secondary N) is 2. The van der Waals surface area contributed by atoms with Crippen molar-refractivity contribution < 1.29 is 4.79 Å². The first-order chi connectivity index (χ1) is 5.31. The highest BCUT2D eigenvalue weighted by Crippen LogP contribution is 1.84. The Hall–Kier alpha value is -0.830. The van der Waals surface area contributed by atoms with E-state index in [1.54, 1.807) is 7.05 Å². The minimum absolute atomic E-state index is 0.0311. The molecule has 0 aromatic heterocycles. The number of likely N-dealkylation sites (N-methyl/N-ethyl adjacent to an activating group) is 1. The zero-order valence-electron chi connectivity index (χ0n) is 7.02. The maximum absolute atomic E-state index is 10.7. The minimum atomic E-state index is 0.0311. The summed E-state index contributed by atoms with van der Waals surface area (Å²) >= 11 is 0. The molecule has 0 fully saturated rings. The lowest BCUT2D eigenvalue weighted by atomic mass is 10.3. The van der Waals surface area contributed by atoms with Crippen LogP contribution < -0.4 is 10.6 Å². The molecule has 0 unspecified atom stereocenters. The van der Waals surface area contributed by atoms with Crippen LogP contribution in [0.5, 0.6) is 0 Å². The van der Waals surface area contributed by atoms with Gasteiger partial charge in [-0.3, -0.25) is 4.79 Å². The molecular weight excluding hydrogens is 140 g/mol. The number of carbonyl (C=O) groups excluding carboxylic acids is 1. The zero-order chi connectivity index (χ0) is 8.53. The lowest BCUT2D eigenvalue weighted by molar-refractivity contribution is -0.119. The van der Waals surface area contributed by atoms with E-state index >= 15 is 0 Å². The summed E-state index contributed by atoms with van der Waals surface area (Å²) < 4.78 is 0. The predicted molar refractivity (Wildman–Crippen MR) is 46.4 cm³/mol. The van der Waals surface area contributed by atoms with E-state index in [0.29, 0.717) is 6.54 Å². The first kappa shape index (κ1) is 10.2. The summed E-state index contributed by atoms with van der Waals surface area (Å²) in [5.74, 6) is 0.0311. The molecule has 11 heavy (non-hydrogen) atoms. The van der Waals surface area contributed by atoms with E-state index < -0.39 is 0 Å². The van der Waals surface area contributed by atoms with Crippen LogP contribution in [0.1, 0.15) is 12.8 Å². The van der Waals surface area contributed by atoms with Gasteiger partial charge in [0.15, 0.2) is 0 Å². The summed E-state index contributed by atoms with van der Waals surface area (Å²) in [6, 6.07) is 0. The Morgan fingerprint density at radius 3 is 2.91 bits per heavy atom. The molecule has 1 amide bonds. The Bertz CT molecular complexity index is 123. The van der Waals surface area contributed by atoms with Gasteiger partial charge in [-0.2, -0.15) is 0 Å². The van der Waals surface area contributed by atoms with Crippen molar-refractivity contribution in [1.29, 1.82) is 0 Å². The second kappa shape index (κ2) is 7.28. The summed E-state index contributed by atoms with van der Waals surface area (Å²) in [5.41, 5.74) is 0. The van der Waals surface area contributed by atoms with Gasteiger partial charge in [-0.25, -0.2) is 0 Å². The van der Waals surface area contributed by atoms with Crippen molar-refractivity contribution in [2.75, 3.05) is 20.1 Å². The van der Waals surface area contributed by atoms with Gasteiger partial charge in [0.2, 0.25) is 5.91 Å². The van der Waals surface area contributed by atoms with Crippen molar-refractivity contribution in [3.63, 3.8) is 0 Å². The van der Waals surface area contributed by atoms with Gasteiger partial charge in [-0.15, -0.1) is 6.58 Å². The van der Waals surface area contributed by atoms with Gasteiger partial charge in [0.1, 0.15) is 0 Å². The second-order valence-corrected chi connectivity index (χ2v) is 2.28. The van der Waals surface area contributed by atoms with Crippen molar-refractivity contribution in [3.8, 4) is 0 Å². The molecule has 0 aromatic rings. The van der Waals surface area contributed by atoms with Crippen LogP contribution in [0.3, 0.4) is 0 Å². The third-order valence-electron chi connectivity index (χ3n) is 1.33. The quantitative estimate of drug-likeness (QED) is 0.428. The SMILES string of the molecule is C=CCCCNCC(=O)NC. The number of carbonyl (C=O) groups is 1. The summed E-state index contributed by atoms with van der Waals surface area (Å²) in [6.45, 7) is 4.89. The van der Waals surface area contributed by atoms with Gasteiger partial charge in [0, 0.05) is 7.05 Å². The van der Waals surface area contributed by atoms with Crippen LogP contribution in [0.4, 0.5) is 0 Å². The molecule has 0 saturated heterocycles. The fourth-order valence-corrected chi connectivity index (χ4v) is 0.662. The fraction of sp³-hybridized carbons (Fsp3) is 0.625. The van der Waals surface area contributed by atoms with Crippen molar-refractivity contribution >= 4 is 5.91 Å². The Labute approximate surface area is 67.9 Å². The fourth-order valence-electron chi connectivity index (χ4n) is 0.662.